The Morgan fingerprint density at radius 3 is 2.45 bits per heavy atom. The van der Waals surface area contributed by atoms with E-state index in [0.717, 1.165) is 22.4 Å². The van der Waals surface area contributed by atoms with E-state index in [1.165, 1.54) is 0 Å². The Bertz CT molecular complexity index is 846. The molecule has 0 amide bonds. The topological polar surface area (TPSA) is 58.1 Å². The minimum absolute atomic E-state index is 0. The van der Waals surface area contributed by atoms with Gasteiger partial charge in [-0.15, -0.1) is 24.0 Å². The summed E-state index contributed by atoms with van der Waals surface area (Å²) in [4.78, 5) is 6.00. The quantitative estimate of drug-likeness (QED) is 0.204. The summed E-state index contributed by atoms with van der Waals surface area (Å²) in [5, 5.41) is 6.51. The maximum atomic E-state index is 14.2. The first-order valence-corrected chi connectivity index (χ1v) is 10.1. The number of aryl methyl sites for hydroxylation is 1. The average molecular weight is 544 g/mol. The monoisotopic (exact) mass is 544 g/mol. The third-order valence-electron chi connectivity index (χ3n) is 4.54. The van der Waals surface area contributed by atoms with Gasteiger partial charge in [0, 0.05) is 46.4 Å². The van der Waals surface area contributed by atoms with Gasteiger partial charge in [-0.2, -0.15) is 0 Å². The van der Waals surface area contributed by atoms with Crippen LogP contribution in [0.3, 0.4) is 0 Å². The van der Waals surface area contributed by atoms with E-state index in [2.05, 4.69) is 21.7 Å². The van der Waals surface area contributed by atoms with Gasteiger partial charge in [-0.1, -0.05) is 18.2 Å². The van der Waals surface area contributed by atoms with E-state index in [1.54, 1.807) is 24.1 Å². The lowest BCUT2D eigenvalue weighted by molar-refractivity contribution is 0.110. The van der Waals surface area contributed by atoms with E-state index in [1.807, 2.05) is 46.1 Å². The summed E-state index contributed by atoms with van der Waals surface area (Å²) in [5.74, 6) is 1.22. The number of aliphatic imine (C=N–C) groups is 1. The van der Waals surface area contributed by atoms with Gasteiger partial charge < -0.3 is 25.0 Å². The van der Waals surface area contributed by atoms with E-state index < -0.39 is 0 Å². The van der Waals surface area contributed by atoms with Crippen molar-refractivity contribution in [1.82, 2.24) is 10.6 Å². The number of anilines is 1. The van der Waals surface area contributed by atoms with Gasteiger partial charge in [0.15, 0.2) is 5.96 Å². The van der Waals surface area contributed by atoms with Crippen molar-refractivity contribution < 1.29 is 13.9 Å². The predicted octanol–water partition coefficient (Wildman–Crippen LogP) is 4.10. The molecule has 0 bridgehead atoms. The molecule has 31 heavy (non-hydrogen) atoms. The summed E-state index contributed by atoms with van der Waals surface area (Å²) < 4.78 is 25.4. The van der Waals surface area contributed by atoms with E-state index in [0.29, 0.717) is 44.6 Å². The number of hydrogen-bond acceptors (Lipinski definition) is 4. The molecule has 0 aliphatic rings. The summed E-state index contributed by atoms with van der Waals surface area (Å²) in [6.07, 6.45) is 0. The van der Waals surface area contributed by atoms with E-state index in [4.69, 9.17) is 9.47 Å². The standard InChI is InChI=1S/C23H33FN4O2.HI/c1-6-29-11-12-30-22-13-17(2)7-9-19(22)16-27-23(25-3)26-15-18-8-10-21(28(4)5)20(24)14-18;/h7-10,13-14H,6,11-12,15-16H2,1-5H3,(H2,25,26,27);1H. The van der Waals surface area contributed by atoms with E-state index in [-0.39, 0.29) is 29.8 Å². The molecule has 0 radical (unpaired) electrons. The van der Waals surface area contributed by atoms with Crippen LogP contribution in [0.1, 0.15) is 23.6 Å². The molecule has 0 aromatic heterocycles. The molecule has 2 rings (SSSR count). The van der Waals surface area contributed by atoms with Gasteiger partial charge >= 0.3 is 0 Å². The molecular weight excluding hydrogens is 510 g/mol. The van der Waals surface area contributed by atoms with Crippen LogP contribution in [0.2, 0.25) is 0 Å². The molecule has 2 aromatic rings. The highest BCUT2D eigenvalue weighted by Crippen LogP contribution is 2.20. The number of benzene rings is 2. The minimum atomic E-state index is -0.240. The molecule has 0 atom stereocenters. The third kappa shape index (κ3) is 8.90. The van der Waals surface area contributed by atoms with Crippen LogP contribution >= 0.6 is 24.0 Å². The summed E-state index contributed by atoms with van der Waals surface area (Å²) in [6.45, 7) is 6.76. The zero-order valence-electron chi connectivity index (χ0n) is 19.0. The Hall–Kier alpha value is -2.07. The SMILES string of the molecule is CCOCCOc1cc(C)ccc1CNC(=NC)NCc1ccc(N(C)C)c(F)c1.I. The van der Waals surface area contributed by atoms with E-state index >= 15 is 0 Å². The third-order valence-corrected chi connectivity index (χ3v) is 4.54. The Kier molecular flexibility index (Phi) is 12.2. The summed E-state index contributed by atoms with van der Waals surface area (Å²) in [7, 11) is 5.35. The lowest BCUT2D eigenvalue weighted by Crippen LogP contribution is -2.36. The second-order valence-electron chi connectivity index (χ2n) is 7.12. The van der Waals surface area contributed by atoms with Gasteiger partial charge in [0.1, 0.15) is 18.2 Å². The molecule has 0 spiro atoms. The van der Waals surface area contributed by atoms with Gasteiger partial charge in [-0.3, -0.25) is 4.99 Å². The van der Waals surface area contributed by atoms with Crippen molar-refractivity contribution in [3.8, 4) is 5.75 Å². The molecule has 0 unspecified atom stereocenters. The largest absolute Gasteiger partial charge is 0.491 e. The molecule has 0 aliphatic heterocycles. The molecule has 172 valence electrons. The average Bonchev–Trinajstić information content (AvgIpc) is 2.72. The van der Waals surface area contributed by atoms with Crippen LogP contribution in [0.25, 0.3) is 0 Å². The Labute approximate surface area is 202 Å². The molecular formula is C23H34FIN4O2. The smallest absolute Gasteiger partial charge is 0.191 e. The van der Waals surface area contributed by atoms with Crippen molar-refractivity contribution in [2.45, 2.75) is 26.9 Å². The molecule has 0 heterocycles. The number of guanidine groups is 1. The van der Waals surface area contributed by atoms with Crippen molar-refractivity contribution in [2.24, 2.45) is 4.99 Å². The molecule has 6 nitrogen and oxygen atoms in total. The summed E-state index contributed by atoms with van der Waals surface area (Å²) in [6, 6.07) is 11.3. The van der Waals surface area contributed by atoms with Crippen molar-refractivity contribution in [1.29, 1.82) is 0 Å². The molecule has 0 aliphatic carbocycles. The first-order valence-electron chi connectivity index (χ1n) is 10.1. The highest BCUT2D eigenvalue weighted by molar-refractivity contribution is 14.0. The summed E-state index contributed by atoms with van der Waals surface area (Å²) in [5.41, 5.74) is 3.58. The van der Waals surface area contributed by atoms with Crippen LogP contribution in [0, 0.1) is 12.7 Å². The number of nitrogens with one attached hydrogen (secondary N) is 2. The Balaban J connectivity index is 0.00000480. The predicted molar refractivity (Wildman–Crippen MR) is 136 cm³/mol. The fraction of sp³-hybridized carbons (Fsp3) is 0.435. The van der Waals surface area contributed by atoms with Crippen LogP contribution in [0.5, 0.6) is 5.75 Å². The van der Waals surface area contributed by atoms with Crippen LogP contribution in [0.4, 0.5) is 10.1 Å². The highest BCUT2D eigenvalue weighted by Gasteiger charge is 2.08. The highest BCUT2D eigenvalue weighted by atomic mass is 127. The maximum absolute atomic E-state index is 14.2. The second kappa shape index (κ2) is 14.1. The van der Waals surface area contributed by atoms with Crippen molar-refractivity contribution >= 4 is 35.6 Å². The molecule has 0 saturated carbocycles. The molecule has 0 fully saturated rings. The van der Waals surface area contributed by atoms with Gasteiger partial charge in [0.25, 0.3) is 0 Å². The molecule has 2 N–H and O–H groups in total. The lowest BCUT2D eigenvalue weighted by Gasteiger charge is -2.17. The Morgan fingerprint density at radius 1 is 1.06 bits per heavy atom. The fourth-order valence-corrected chi connectivity index (χ4v) is 2.91. The van der Waals surface area contributed by atoms with Gasteiger partial charge in [-0.05, 0) is 43.2 Å². The maximum Gasteiger partial charge on any atom is 0.191 e. The van der Waals surface area contributed by atoms with E-state index in [9.17, 15) is 4.39 Å². The fourth-order valence-electron chi connectivity index (χ4n) is 2.91. The summed E-state index contributed by atoms with van der Waals surface area (Å²) >= 11 is 0. The first kappa shape index (κ1) is 27.0. The van der Waals surface area contributed by atoms with Crippen LogP contribution in [-0.4, -0.2) is 46.9 Å². The number of ether oxygens (including phenoxy) is 2. The number of halogens is 2. The van der Waals surface area contributed by atoms with Crippen molar-refractivity contribution in [3.05, 3.63) is 58.9 Å². The second-order valence-corrected chi connectivity index (χ2v) is 7.12. The number of rotatable bonds is 10. The first-order chi connectivity index (χ1) is 14.4. The normalized spacial score (nSPS) is 11.0. The van der Waals surface area contributed by atoms with Gasteiger partial charge in [-0.25, -0.2) is 4.39 Å². The van der Waals surface area contributed by atoms with Gasteiger partial charge in [0.2, 0.25) is 0 Å². The molecule has 2 aromatic carbocycles. The number of nitrogens with zero attached hydrogens (tertiary/aromatic N) is 2. The minimum Gasteiger partial charge on any atom is -0.491 e. The lowest BCUT2D eigenvalue weighted by atomic mass is 10.1. The van der Waals surface area contributed by atoms with Crippen LogP contribution in [0.15, 0.2) is 41.4 Å². The van der Waals surface area contributed by atoms with Gasteiger partial charge in [0.05, 0.1) is 12.3 Å². The molecule has 0 saturated heterocycles. The van der Waals surface area contributed by atoms with Crippen molar-refractivity contribution in [3.63, 3.8) is 0 Å². The Morgan fingerprint density at radius 2 is 1.81 bits per heavy atom. The molecule has 8 heteroatoms. The zero-order valence-corrected chi connectivity index (χ0v) is 21.3. The van der Waals surface area contributed by atoms with Crippen LogP contribution < -0.4 is 20.3 Å². The zero-order chi connectivity index (χ0) is 21.9. The van der Waals surface area contributed by atoms with Crippen molar-refractivity contribution in [2.75, 3.05) is 45.9 Å². The van der Waals surface area contributed by atoms with Crippen LogP contribution in [-0.2, 0) is 17.8 Å². The number of hydrogen-bond donors (Lipinski definition) is 2.